The number of hydrogen-bond donors (Lipinski definition) is 5. The van der Waals surface area contributed by atoms with Crippen molar-refractivity contribution in [1.29, 1.82) is 0 Å². The average molecular weight is 1140 g/mol. The van der Waals surface area contributed by atoms with Crippen molar-refractivity contribution in [3.8, 4) is 11.5 Å². The number of carbonyl (C=O) groups excluding carboxylic acids is 2. The third kappa shape index (κ3) is 12.4. The number of benzene rings is 2. The highest BCUT2D eigenvalue weighted by atomic mass is 16.8. The molecule has 2 aliphatic carbocycles. The third-order valence-electron chi connectivity index (χ3n) is 18.5. The molecule has 2 aromatic rings. The summed E-state index contributed by atoms with van der Waals surface area (Å²) in [6.45, 7) is 13.1. The van der Waals surface area contributed by atoms with E-state index in [1.54, 1.807) is 19.1 Å². The van der Waals surface area contributed by atoms with E-state index in [1.807, 2.05) is 79.5 Å². The van der Waals surface area contributed by atoms with Crippen LogP contribution >= 0.6 is 0 Å². The van der Waals surface area contributed by atoms with Gasteiger partial charge in [0.2, 0.25) is 0 Å². The van der Waals surface area contributed by atoms with Gasteiger partial charge in [0, 0.05) is 79.3 Å². The van der Waals surface area contributed by atoms with Gasteiger partial charge in [-0.2, -0.15) is 0 Å². The van der Waals surface area contributed by atoms with Crippen molar-refractivity contribution in [3.63, 3.8) is 0 Å². The molecule has 6 fully saturated rings. The number of hydrogen-bond acceptors (Lipinski definition) is 21. The first-order valence-corrected chi connectivity index (χ1v) is 29.6. The summed E-state index contributed by atoms with van der Waals surface area (Å²) in [6, 6.07) is 5.70. The molecule has 0 spiro atoms. The van der Waals surface area contributed by atoms with Crippen LogP contribution < -0.4 is 0 Å². The molecule has 0 radical (unpaired) electrons. The molecule has 21 nitrogen and oxygen atoms in total. The Bertz CT molecular complexity index is 2540. The van der Waals surface area contributed by atoms with Crippen LogP contribution in [0.5, 0.6) is 11.5 Å². The summed E-state index contributed by atoms with van der Waals surface area (Å²) in [5.41, 5.74) is -2.50. The van der Waals surface area contributed by atoms with Gasteiger partial charge in [-0.25, -0.2) is 0 Å². The lowest BCUT2D eigenvalue weighted by Gasteiger charge is -2.50. The number of rotatable bonds is 15. The van der Waals surface area contributed by atoms with Crippen molar-refractivity contribution in [2.75, 3.05) is 28.2 Å². The van der Waals surface area contributed by atoms with E-state index in [-0.39, 0.29) is 102 Å². The largest absolute Gasteiger partial charge is 0.507 e. The van der Waals surface area contributed by atoms with Gasteiger partial charge in [0.05, 0.1) is 83.9 Å². The van der Waals surface area contributed by atoms with Gasteiger partial charge >= 0.3 is 0 Å². The number of carbonyl (C=O) groups is 2. The standard InChI is InChI=1S/C60H88N2O19/c1-12-60(69)27-42(78-47-25-36(61(8)9)57(32(6)74-47)79-45-23-19-40(30(4)72-45)76-43-21-17-38(63)28(2)70-43)49-52(56(68)51-50(55(49)67)53(65)34-15-13-14-16-35(34)54(51)66)59(60)81-48-26-37(62(10)11)58(33(7)75-48)80-46-24-20-41(31(5)73-46)77-44-22-18-39(64)29(3)71-44/h13-16,28-33,36-48,57-59,63-64,67-69H,12,17-27H2,1-11H3/t28?,29?,30?,31?,32-,33-,36-,37-,38?,39?,40?,41?,42-,43?,44?,45?,46?,47-,48?,57+,58+,59+,60+/m0/s1. The molecule has 452 valence electrons. The third-order valence-corrected chi connectivity index (χ3v) is 18.5. The van der Waals surface area contributed by atoms with Crippen LogP contribution in [0.1, 0.15) is 181 Å². The molecule has 23 atom stereocenters. The number of ether oxygens (including phenoxy) is 12. The number of phenols is 2. The molecule has 8 aliphatic rings. The van der Waals surface area contributed by atoms with Crippen LogP contribution in [-0.4, -0.2) is 204 Å². The summed E-state index contributed by atoms with van der Waals surface area (Å²) in [5, 5.41) is 58.7. The first-order valence-electron chi connectivity index (χ1n) is 29.6. The smallest absolute Gasteiger partial charge is 0.198 e. The Morgan fingerprint density at radius 3 is 1.33 bits per heavy atom. The number of likely N-dealkylation sites (N-methyl/N-ethyl adjacent to an activating group) is 2. The molecule has 81 heavy (non-hydrogen) atoms. The maximum atomic E-state index is 14.5. The van der Waals surface area contributed by atoms with Gasteiger partial charge < -0.3 is 92.2 Å². The van der Waals surface area contributed by atoms with Gasteiger partial charge in [0.1, 0.15) is 29.8 Å². The Labute approximate surface area is 475 Å². The molecule has 0 aromatic heterocycles. The Morgan fingerprint density at radius 2 is 0.914 bits per heavy atom. The zero-order valence-electron chi connectivity index (χ0n) is 48.8. The highest BCUT2D eigenvalue weighted by Gasteiger charge is 2.55. The Morgan fingerprint density at radius 1 is 0.519 bits per heavy atom. The summed E-state index contributed by atoms with van der Waals surface area (Å²) in [6.07, 6.45) is -6.07. The first kappa shape index (κ1) is 60.8. The van der Waals surface area contributed by atoms with Crippen LogP contribution in [0, 0.1) is 0 Å². The number of aliphatic hydroxyl groups is 3. The molecule has 6 heterocycles. The number of fused-ring (bicyclic) bond motifs is 3. The average Bonchev–Trinajstić information content (AvgIpc) is 3.48. The van der Waals surface area contributed by atoms with Crippen LogP contribution in [0.15, 0.2) is 24.3 Å². The van der Waals surface area contributed by atoms with Gasteiger partial charge in [-0.05, 0) is 102 Å². The maximum Gasteiger partial charge on any atom is 0.198 e. The molecule has 6 aliphatic heterocycles. The van der Waals surface area contributed by atoms with Crippen molar-refractivity contribution in [3.05, 3.63) is 57.6 Å². The molecule has 21 heteroatoms. The van der Waals surface area contributed by atoms with Crippen molar-refractivity contribution in [2.45, 2.75) is 266 Å². The van der Waals surface area contributed by atoms with E-state index in [4.69, 9.17) is 56.8 Å². The quantitative estimate of drug-likeness (QED) is 0.109. The van der Waals surface area contributed by atoms with Gasteiger partial charge in [-0.1, -0.05) is 31.2 Å². The fraction of sp³-hybridized carbons (Fsp3) is 0.767. The van der Waals surface area contributed by atoms with Gasteiger partial charge in [0.15, 0.2) is 49.3 Å². The second kappa shape index (κ2) is 25.0. The minimum atomic E-state index is -1.81. The lowest BCUT2D eigenvalue weighted by atomic mass is 9.70. The van der Waals surface area contributed by atoms with Crippen LogP contribution in [0.3, 0.4) is 0 Å². The molecular weight excluding hydrogens is 1050 g/mol. The molecule has 0 amide bonds. The molecule has 5 N–H and O–H groups in total. The van der Waals surface area contributed by atoms with Crippen LogP contribution in [0.4, 0.5) is 0 Å². The predicted molar refractivity (Wildman–Crippen MR) is 289 cm³/mol. The summed E-state index contributed by atoms with van der Waals surface area (Å²) in [5.74, 6) is -2.48. The number of aromatic hydroxyl groups is 2. The first-order chi connectivity index (χ1) is 38.5. The zero-order chi connectivity index (χ0) is 57.9. The Balaban J connectivity index is 0.877. The fourth-order valence-electron chi connectivity index (χ4n) is 13.6. The van der Waals surface area contributed by atoms with Crippen LogP contribution in [0.25, 0.3) is 0 Å². The summed E-state index contributed by atoms with van der Waals surface area (Å²) < 4.78 is 78.0. The molecule has 6 saturated heterocycles. The second-order valence-corrected chi connectivity index (χ2v) is 24.4. The molecule has 10 rings (SSSR count). The minimum Gasteiger partial charge on any atom is -0.507 e. The van der Waals surface area contributed by atoms with Crippen molar-refractivity contribution < 1.29 is 92.0 Å². The molecule has 2 aromatic carbocycles. The van der Waals surface area contributed by atoms with Crippen molar-refractivity contribution >= 4 is 11.6 Å². The van der Waals surface area contributed by atoms with E-state index in [0.717, 1.165) is 0 Å². The molecular formula is C60H88N2O19. The maximum absolute atomic E-state index is 14.5. The van der Waals surface area contributed by atoms with E-state index in [9.17, 15) is 35.1 Å². The number of aliphatic hydroxyl groups excluding tert-OH is 2. The van der Waals surface area contributed by atoms with E-state index >= 15 is 0 Å². The van der Waals surface area contributed by atoms with Gasteiger partial charge in [-0.3, -0.25) is 9.59 Å². The van der Waals surface area contributed by atoms with Crippen LogP contribution in [0.2, 0.25) is 0 Å². The summed E-state index contributed by atoms with van der Waals surface area (Å²) >= 11 is 0. The number of ketones is 2. The number of phenolic OH excluding ortho intramolecular Hbond substituents is 2. The zero-order valence-corrected chi connectivity index (χ0v) is 48.8. The normalized spacial score (nSPS) is 42.1. The van der Waals surface area contributed by atoms with E-state index < -0.39 is 121 Å². The molecule has 0 bridgehead atoms. The van der Waals surface area contributed by atoms with Crippen molar-refractivity contribution in [2.24, 2.45) is 0 Å². The Kier molecular flexibility index (Phi) is 18.7. The van der Waals surface area contributed by atoms with E-state index in [0.29, 0.717) is 51.4 Å². The molecule has 13 unspecified atom stereocenters. The van der Waals surface area contributed by atoms with Gasteiger partial charge in [0.25, 0.3) is 0 Å². The summed E-state index contributed by atoms with van der Waals surface area (Å²) in [7, 11) is 7.76. The Hall–Kier alpha value is -3.30. The van der Waals surface area contributed by atoms with E-state index in [1.165, 1.54) is 12.1 Å². The highest BCUT2D eigenvalue weighted by Crippen LogP contribution is 2.58. The lowest BCUT2D eigenvalue weighted by molar-refractivity contribution is -0.324. The predicted octanol–water partition coefficient (Wildman–Crippen LogP) is 6.03. The fourth-order valence-corrected chi connectivity index (χ4v) is 13.6. The van der Waals surface area contributed by atoms with Crippen LogP contribution in [-0.2, 0) is 56.8 Å². The summed E-state index contributed by atoms with van der Waals surface area (Å²) in [4.78, 5) is 33.0. The van der Waals surface area contributed by atoms with E-state index in [2.05, 4.69) is 0 Å². The monoisotopic (exact) mass is 1140 g/mol. The minimum absolute atomic E-state index is 0.00112. The number of nitrogens with zero attached hydrogens (tertiary/aromatic N) is 2. The van der Waals surface area contributed by atoms with Gasteiger partial charge in [-0.15, -0.1) is 0 Å². The SMILES string of the molecule is CC[C@@]1(O)C[C@H](O[C@H]2C[C@H](N(C)C)[C@H](OC3CCC(OC4CCC(O)C(C)O4)C(C)O3)[C@H](C)O2)c2c(O)c3c(c(O)c2[C@H]1OC1C[C@H](N(C)C)[C@H](OC2CCC(OC4CCC(O)C(C)O4)C(C)O2)[C@H](C)O1)C(=O)c1ccccc1C3=O. The highest BCUT2D eigenvalue weighted by molar-refractivity contribution is 6.30. The molecule has 0 saturated carbocycles. The topological polar surface area (TPSA) is 253 Å². The van der Waals surface area contributed by atoms with Crippen molar-refractivity contribution in [1.82, 2.24) is 9.80 Å². The lowest BCUT2D eigenvalue weighted by Crippen LogP contribution is -2.57. The second-order valence-electron chi connectivity index (χ2n) is 24.4.